The Kier molecular flexibility index (Phi) is 3.80. The van der Waals surface area contributed by atoms with Crippen LogP contribution in [0, 0.1) is 0 Å². The zero-order valence-corrected chi connectivity index (χ0v) is 11.4. The van der Waals surface area contributed by atoms with Crippen molar-refractivity contribution in [3.63, 3.8) is 0 Å². The van der Waals surface area contributed by atoms with Crippen LogP contribution in [0.4, 0.5) is 0 Å². The third kappa shape index (κ3) is 2.51. The fourth-order valence-corrected chi connectivity index (χ4v) is 2.90. The van der Waals surface area contributed by atoms with Gasteiger partial charge in [0, 0.05) is 19.6 Å². The summed E-state index contributed by atoms with van der Waals surface area (Å²) < 4.78 is 7.59. The summed E-state index contributed by atoms with van der Waals surface area (Å²) in [7, 11) is 1.75. The molecule has 1 N–H and O–H groups in total. The fraction of sp³-hybridized carbons (Fsp3) is 0.533. The SMILES string of the molecule is COCCn1c(C2CCNCC2)nc2ccccc21. The Morgan fingerprint density at radius 3 is 2.89 bits per heavy atom. The van der Waals surface area contributed by atoms with Crippen LogP contribution in [0.25, 0.3) is 11.0 Å². The van der Waals surface area contributed by atoms with E-state index in [0.717, 1.165) is 31.8 Å². The molecule has 1 aromatic heterocycles. The van der Waals surface area contributed by atoms with E-state index in [-0.39, 0.29) is 0 Å². The van der Waals surface area contributed by atoms with Gasteiger partial charge in [0.2, 0.25) is 0 Å². The van der Waals surface area contributed by atoms with E-state index < -0.39 is 0 Å². The minimum Gasteiger partial charge on any atom is -0.383 e. The van der Waals surface area contributed by atoms with Crippen LogP contribution < -0.4 is 5.32 Å². The van der Waals surface area contributed by atoms with Crippen LogP contribution in [0.5, 0.6) is 0 Å². The van der Waals surface area contributed by atoms with Crippen molar-refractivity contribution < 1.29 is 4.74 Å². The molecule has 1 fully saturated rings. The molecule has 1 aliphatic rings. The van der Waals surface area contributed by atoms with Gasteiger partial charge in [-0.2, -0.15) is 0 Å². The molecule has 0 radical (unpaired) electrons. The second-order valence-corrected chi connectivity index (χ2v) is 5.13. The van der Waals surface area contributed by atoms with Gasteiger partial charge in [0.05, 0.1) is 17.6 Å². The molecular formula is C15H21N3O. The van der Waals surface area contributed by atoms with Gasteiger partial charge < -0.3 is 14.6 Å². The molecule has 0 amide bonds. The number of nitrogens with zero attached hydrogens (tertiary/aromatic N) is 2. The summed E-state index contributed by atoms with van der Waals surface area (Å²) in [5.41, 5.74) is 2.33. The van der Waals surface area contributed by atoms with E-state index in [4.69, 9.17) is 9.72 Å². The van der Waals surface area contributed by atoms with Gasteiger partial charge in [0.15, 0.2) is 0 Å². The topological polar surface area (TPSA) is 39.1 Å². The Morgan fingerprint density at radius 2 is 2.11 bits per heavy atom. The number of benzene rings is 1. The summed E-state index contributed by atoms with van der Waals surface area (Å²) in [6.45, 7) is 3.81. The average Bonchev–Trinajstić information content (AvgIpc) is 2.85. The van der Waals surface area contributed by atoms with Gasteiger partial charge in [-0.05, 0) is 38.1 Å². The summed E-state index contributed by atoms with van der Waals surface area (Å²) in [6.07, 6.45) is 2.35. The summed E-state index contributed by atoms with van der Waals surface area (Å²) in [4.78, 5) is 4.87. The molecule has 19 heavy (non-hydrogen) atoms. The van der Waals surface area contributed by atoms with Crippen LogP contribution in [0.15, 0.2) is 24.3 Å². The number of piperidine rings is 1. The normalized spacial score (nSPS) is 17.1. The lowest BCUT2D eigenvalue weighted by atomic mass is 9.97. The molecular weight excluding hydrogens is 238 g/mol. The Bertz CT molecular complexity index is 543. The average molecular weight is 259 g/mol. The van der Waals surface area contributed by atoms with E-state index in [1.807, 2.05) is 0 Å². The number of hydrogen-bond acceptors (Lipinski definition) is 3. The van der Waals surface area contributed by atoms with Crippen LogP contribution in [0.3, 0.4) is 0 Å². The molecule has 1 saturated heterocycles. The first-order chi connectivity index (χ1) is 9.40. The first-order valence-electron chi connectivity index (χ1n) is 7.05. The van der Waals surface area contributed by atoms with Crippen molar-refractivity contribution in [3.8, 4) is 0 Å². The third-order valence-corrected chi connectivity index (χ3v) is 3.91. The Labute approximate surface area is 113 Å². The van der Waals surface area contributed by atoms with Crippen LogP contribution in [0.2, 0.25) is 0 Å². The molecule has 1 aromatic carbocycles. The number of aromatic nitrogens is 2. The number of para-hydroxylation sites is 2. The predicted molar refractivity (Wildman–Crippen MR) is 76.5 cm³/mol. The van der Waals surface area contributed by atoms with Crippen molar-refractivity contribution in [2.45, 2.75) is 25.3 Å². The summed E-state index contributed by atoms with van der Waals surface area (Å²) >= 11 is 0. The van der Waals surface area contributed by atoms with Crippen LogP contribution >= 0.6 is 0 Å². The number of nitrogens with one attached hydrogen (secondary N) is 1. The number of hydrogen-bond donors (Lipinski definition) is 1. The molecule has 0 aliphatic carbocycles. The minimum absolute atomic E-state index is 0.575. The molecule has 4 nitrogen and oxygen atoms in total. The largest absolute Gasteiger partial charge is 0.383 e. The highest BCUT2D eigenvalue weighted by molar-refractivity contribution is 5.76. The Balaban J connectivity index is 2.00. The second-order valence-electron chi connectivity index (χ2n) is 5.13. The number of fused-ring (bicyclic) bond motifs is 1. The second kappa shape index (κ2) is 5.72. The molecule has 0 saturated carbocycles. The lowest BCUT2D eigenvalue weighted by molar-refractivity contribution is 0.186. The molecule has 102 valence electrons. The first-order valence-corrected chi connectivity index (χ1v) is 7.05. The quantitative estimate of drug-likeness (QED) is 0.914. The lowest BCUT2D eigenvalue weighted by Gasteiger charge is -2.23. The number of imidazole rings is 1. The molecule has 1 aliphatic heterocycles. The van der Waals surface area contributed by atoms with Gasteiger partial charge in [-0.15, -0.1) is 0 Å². The standard InChI is InChI=1S/C15H21N3O/c1-19-11-10-18-14-5-3-2-4-13(14)17-15(18)12-6-8-16-9-7-12/h2-5,12,16H,6-11H2,1H3. The highest BCUT2D eigenvalue weighted by Gasteiger charge is 2.21. The van der Waals surface area contributed by atoms with E-state index in [9.17, 15) is 0 Å². The van der Waals surface area contributed by atoms with Crippen molar-refractivity contribution >= 4 is 11.0 Å². The van der Waals surface area contributed by atoms with E-state index in [0.29, 0.717) is 5.92 Å². The molecule has 0 bridgehead atoms. The maximum absolute atomic E-state index is 5.25. The summed E-state index contributed by atoms with van der Waals surface area (Å²) in [5, 5.41) is 3.42. The zero-order chi connectivity index (χ0) is 13.1. The van der Waals surface area contributed by atoms with E-state index in [1.54, 1.807) is 7.11 Å². The van der Waals surface area contributed by atoms with Crippen molar-refractivity contribution in [2.24, 2.45) is 0 Å². The Morgan fingerprint density at radius 1 is 1.32 bits per heavy atom. The zero-order valence-electron chi connectivity index (χ0n) is 11.4. The smallest absolute Gasteiger partial charge is 0.113 e. The van der Waals surface area contributed by atoms with E-state index in [1.165, 1.54) is 24.2 Å². The maximum Gasteiger partial charge on any atom is 0.113 e. The van der Waals surface area contributed by atoms with Crippen molar-refractivity contribution in [2.75, 3.05) is 26.8 Å². The fourth-order valence-electron chi connectivity index (χ4n) is 2.90. The molecule has 0 unspecified atom stereocenters. The minimum atomic E-state index is 0.575. The van der Waals surface area contributed by atoms with Crippen molar-refractivity contribution in [3.05, 3.63) is 30.1 Å². The predicted octanol–water partition coefficient (Wildman–Crippen LogP) is 2.15. The number of methoxy groups -OCH3 is 1. The van der Waals surface area contributed by atoms with Gasteiger partial charge in [0.1, 0.15) is 5.82 Å². The first kappa shape index (κ1) is 12.6. The monoisotopic (exact) mass is 259 g/mol. The van der Waals surface area contributed by atoms with Gasteiger partial charge in [-0.3, -0.25) is 0 Å². The maximum atomic E-state index is 5.25. The molecule has 2 heterocycles. The summed E-state index contributed by atoms with van der Waals surface area (Å²) in [6, 6.07) is 8.40. The third-order valence-electron chi connectivity index (χ3n) is 3.91. The van der Waals surface area contributed by atoms with E-state index >= 15 is 0 Å². The van der Waals surface area contributed by atoms with Crippen LogP contribution in [-0.2, 0) is 11.3 Å². The highest BCUT2D eigenvalue weighted by atomic mass is 16.5. The summed E-state index contributed by atoms with van der Waals surface area (Å²) in [5.74, 6) is 1.81. The Hall–Kier alpha value is -1.39. The van der Waals surface area contributed by atoms with Crippen molar-refractivity contribution in [1.82, 2.24) is 14.9 Å². The molecule has 0 spiro atoms. The van der Waals surface area contributed by atoms with Gasteiger partial charge in [-0.25, -0.2) is 4.98 Å². The highest BCUT2D eigenvalue weighted by Crippen LogP contribution is 2.28. The van der Waals surface area contributed by atoms with Crippen LogP contribution in [-0.4, -0.2) is 36.4 Å². The number of ether oxygens (including phenoxy) is 1. The van der Waals surface area contributed by atoms with Crippen LogP contribution in [0.1, 0.15) is 24.6 Å². The van der Waals surface area contributed by atoms with Gasteiger partial charge in [-0.1, -0.05) is 12.1 Å². The van der Waals surface area contributed by atoms with Gasteiger partial charge in [0.25, 0.3) is 0 Å². The molecule has 4 heteroatoms. The van der Waals surface area contributed by atoms with E-state index in [2.05, 4.69) is 34.1 Å². The van der Waals surface area contributed by atoms with Crippen molar-refractivity contribution in [1.29, 1.82) is 0 Å². The molecule has 3 rings (SSSR count). The molecule has 0 atom stereocenters. The van der Waals surface area contributed by atoms with Gasteiger partial charge >= 0.3 is 0 Å². The molecule has 2 aromatic rings. The number of rotatable bonds is 4. The lowest BCUT2D eigenvalue weighted by Crippen LogP contribution is -2.28.